The molecule has 0 bridgehead atoms. The Morgan fingerprint density at radius 1 is 1.12 bits per heavy atom. The molecule has 0 atom stereocenters. The lowest BCUT2D eigenvalue weighted by Crippen LogP contribution is -2.19. The SMILES string of the molecule is C#CCN(C)CCCCCCOS(C)(C)C. The Hall–Kier alpha value is -0.170. The van der Waals surface area contributed by atoms with E-state index in [1.54, 1.807) is 0 Å². The predicted molar refractivity (Wildman–Crippen MR) is 76.1 cm³/mol. The first-order chi connectivity index (χ1) is 7.45. The van der Waals surface area contributed by atoms with Gasteiger partial charge in [-0.2, -0.15) is 0 Å². The third-order valence-electron chi connectivity index (χ3n) is 2.23. The third-order valence-corrected chi connectivity index (χ3v) is 3.11. The molecule has 0 fully saturated rings. The zero-order chi connectivity index (χ0) is 12.4. The van der Waals surface area contributed by atoms with Crippen molar-refractivity contribution >= 4 is 10.3 Å². The molecule has 0 N–H and O–H groups in total. The topological polar surface area (TPSA) is 12.5 Å². The number of terminal acetylenes is 1. The van der Waals surface area contributed by atoms with Gasteiger partial charge in [-0.1, -0.05) is 18.8 Å². The van der Waals surface area contributed by atoms with Gasteiger partial charge in [0.2, 0.25) is 0 Å². The molecule has 0 spiro atoms. The molecule has 0 aromatic heterocycles. The van der Waals surface area contributed by atoms with E-state index in [0.29, 0.717) is 0 Å². The van der Waals surface area contributed by atoms with Gasteiger partial charge in [0.1, 0.15) is 0 Å². The second kappa shape index (κ2) is 8.92. The Bertz CT molecular complexity index is 205. The van der Waals surface area contributed by atoms with Crippen molar-refractivity contribution < 1.29 is 4.18 Å². The van der Waals surface area contributed by atoms with Crippen LogP contribution >= 0.6 is 10.3 Å². The summed E-state index contributed by atoms with van der Waals surface area (Å²) in [6.45, 7) is 2.78. The molecular formula is C13H27NOS. The van der Waals surface area contributed by atoms with Crippen LogP contribution in [0.3, 0.4) is 0 Å². The van der Waals surface area contributed by atoms with Crippen molar-refractivity contribution in [3.8, 4) is 12.3 Å². The summed E-state index contributed by atoms with van der Waals surface area (Å²) >= 11 is 0. The second-order valence-electron chi connectivity index (χ2n) is 4.90. The van der Waals surface area contributed by atoms with Crippen molar-refractivity contribution in [1.82, 2.24) is 4.90 Å². The molecule has 0 aliphatic carbocycles. The molecule has 0 saturated carbocycles. The smallest absolute Gasteiger partial charge is 0.0596 e. The Morgan fingerprint density at radius 3 is 2.31 bits per heavy atom. The molecule has 96 valence electrons. The van der Waals surface area contributed by atoms with Gasteiger partial charge in [0, 0.05) is 0 Å². The van der Waals surface area contributed by atoms with Crippen LogP contribution in [0.15, 0.2) is 0 Å². The van der Waals surface area contributed by atoms with Crippen LogP contribution < -0.4 is 0 Å². The number of nitrogens with zero attached hydrogens (tertiary/aromatic N) is 1. The largest absolute Gasteiger partial charge is 0.337 e. The highest BCUT2D eigenvalue weighted by atomic mass is 32.3. The minimum Gasteiger partial charge on any atom is -0.337 e. The molecule has 0 radical (unpaired) electrons. The molecule has 3 heteroatoms. The number of rotatable bonds is 9. The fourth-order valence-corrected chi connectivity index (χ4v) is 2.00. The molecule has 0 aromatic rings. The molecule has 0 rings (SSSR count). The van der Waals surface area contributed by atoms with Gasteiger partial charge in [0.15, 0.2) is 0 Å². The van der Waals surface area contributed by atoms with E-state index >= 15 is 0 Å². The minimum atomic E-state index is -0.768. The Labute approximate surface area is 103 Å². The van der Waals surface area contributed by atoms with Gasteiger partial charge in [0.05, 0.1) is 13.2 Å². The van der Waals surface area contributed by atoms with E-state index in [2.05, 4.69) is 36.6 Å². The molecular weight excluding hydrogens is 218 g/mol. The summed E-state index contributed by atoms with van der Waals surface area (Å²) in [5.41, 5.74) is 0. The van der Waals surface area contributed by atoms with Crippen LogP contribution in [0.25, 0.3) is 0 Å². The molecule has 0 saturated heterocycles. The quantitative estimate of drug-likeness (QED) is 0.457. The van der Waals surface area contributed by atoms with Gasteiger partial charge in [-0.3, -0.25) is 4.90 Å². The first-order valence-corrected chi connectivity index (χ1v) is 8.68. The van der Waals surface area contributed by atoms with Crippen molar-refractivity contribution in [3.63, 3.8) is 0 Å². The Balaban J connectivity index is 3.19. The maximum absolute atomic E-state index is 5.74. The lowest BCUT2D eigenvalue weighted by atomic mass is 10.2. The van der Waals surface area contributed by atoms with Crippen molar-refractivity contribution in [2.75, 3.05) is 45.5 Å². The van der Waals surface area contributed by atoms with E-state index in [0.717, 1.165) is 19.7 Å². The average molecular weight is 245 g/mol. The summed E-state index contributed by atoms with van der Waals surface area (Å²) in [5.74, 6) is 2.65. The summed E-state index contributed by atoms with van der Waals surface area (Å²) < 4.78 is 5.74. The minimum absolute atomic E-state index is 0.760. The van der Waals surface area contributed by atoms with E-state index in [4.69, 9.17) is 10.6 Å². The summed E-state index contributed by atoms with van der Waals surface area (Å²) in [7, 11) is 1.31. The summed E-state index contributed by atoms with van der Waals surface area (Å²) in [6.07, 6.45) is 16.7. The summed E-state index contributed by atoms with van der Waals surface area (Å²) in [4.78, 5) is 2.19. The standard InChI is InChI=1S/C13H27NOS/c1-6-11-14(2)12-9-7-8-10-13-15-16(3,4)5/h1H,7-13H2,2-5H3. The van der Waals surface area contributed by atoms with Gasteiger partial charge in [-0.15, -0.1) is 16.7 Å². The molecule has 0 unspecified atom stereocenters. The van der Waals surface area contributed by atoms with Crippen LogP contribution in [0.2, 0.25) is 0 Å². The maximum Gasteiger partial charge on any atom is 0.0596 e. The number of unbranched alkanes of at least 4 members (excludes halogenated alkanes) is 3. The van der Waals surface area contributed by atoms with Gasteiger partial charge in [-0.05, 0) is 45.2 Å². The van der Waals surface area contributed by atoms with Crippen LogP contribution in [0.5, 0.6) is 0 Å². The zero-order valence-electron chi connectivity index (χ0n) is 11.3. The van der Waals surface area contributed by atoms with Crippen LogP contribution in [0.1, 0.15) is 25.7 Å². The van der Waals surface area contributed by atoms with E-state index in [1.165, 1.54) is 25.7 Å². The normalized spacial score (nSPS) is 12.8. The average Bonchev–Trinajstić information content (AvgIpc) is 2.15. The maximum atomic E-state index is 5.74. The fraction of sp³-hybridized carbons (Fsp3) is 0.846. The summed E-state index contributed by atoms with van der Waals surface area (Å²) in [6, 6.07) is 0. The zero-order valence-corrected chi connectivity index (χ0v) is 12.1. The number of hydrogen-bond acceptors (Lipinski definition) is 2. The van der Waals surface area contributed by atoms with Crippen molar-refractivity contribution in [2.45, 2.75) is 25.7 Å². The van der Waals surface area contributed by atoms with Crippen molar-refractivity contribution in [3.05, 3.63) is 0 Å². The van der Waals surface area contributed by atoms with Gasteiger partial charge < -0.3 is 4.18 Å². The van der Waals surface area contributed by atoms with Crippen molar-refractivity contribution in [1.29, 1.82) is 0 Å². The molecule has 0 amide bonds. The highest BCUT2D eigenvalue weighted by Gasteiger charge is 2.02. The lowest BCUT2D eigenvalue weighted by molar-refractivity contribution is 0.332. The number of hydrogen-bond donors (Lipinski definition) is 0. The fourth-order valence-electron chi connectivity index (χ4n) is 1.38. The molecule has 0 aliphatic rings. The second-order valence-corrected chi connectivity index (χ2v) is 8.59. The lowest BCUT2D eigenvalue weighted by Gasteiger charge is -2.25. The predicted octanol–water partition coefficient (Wildman–Crippen LogP) is 2.74. The molecule has 0 aromatic carbocycles. The first kappa shape index (κ1) is 15.8. The van der Waals surface area contributed by atoms with E-state index in [-0.39, 0.29) is 0 Å². The molecule has 0 heterocycles. The molecule has 2 nitrogen and oxygen atoms in total. The Morgan fingerprint density at radius 2 is 1.75 bits per heavy atom. The van der Waals surface area contributed by atoms with Crippen LogP contribution in [-0.4, -0.2) is 50.4 Å². The van der Waals surface area contributed by atoms with E-state index in [9.17, 15) is 0 Å². The first-order valence-electron chi connectivity index (χ1n) is 5.90. The Kier molecular flexibility index (Phi) is 8.83. The van der Waals surface area contributed by atoms with Crippen LogP contribution in [0.4, 0.5) is 0 Å². The van der Waals surface area contributed by atoms with Crippen molar-refractivity contribution in [2.24, 2.45) is 0 Å². The third kappa shape index (κ3) is 11.9. The molecule has 0 aliphatic heterocycles. The van der Waals surface area contributed by atoms with Crippen LogP contribution in [0, 0.1) is 12.3 Å². The van der Waals surface area contributed by atoms with Gasteiger partial charge >= 0.3 is 0 Å². The van der Waals surface area contributed by atoms with Crippen LogP contribution in [-0.2, 0) is 4.18 Å². The highest BCUT2D eigenvalue weighted by molar-refractivity contribution is 8.28. The van der Waals surface area contributed by atoms with Gasteiger partial charge in [-0.25, -0.2) is 0 Å². The van der Waals surface area contributed by atoms with E-state index < -0.39 is 10.3 Å². The summed E-state index contributed by atoms with van der Waals surface area (Å²) in [5, 5.41) is 0. The van der Waals surface area contributed by atoms with Gasteiger partial charge in [0.25, 0.3) is 0 Å². The molecule has 16 heavy (non-hydrogen) atoms. The monoisotopic (exact) mass is 245 g/mol. The van der Waals surface area contributed by atoms with E-state index in [1.807, 2.05) is 0 Å². The highest BCUT2D eigenvalue weighted by Crippen LogP contribution is 2.35.